The van der Waals surface area contributed by atoms with Gasteiger partial charge in [0, 0.05) is 5.56 Å². The molecule has 0 aliphatic heterocycles. The number of hydrogen-bond acceptors (Lipinski definition) is 5. The maximum Gasteiger partial charge on any atom is 0.337 e. The first kappa shape index (κ1) is 20.2. The molecule has 0 radical (unpaired) electrons. The van der Waals surface area contributed by atoms with Crippen LogP contribution >= 0.6 is 0 Å². The molecule has 7 heteroatoms. The summed E-state index contributed by atoms with van der Waals surface area (Å²) >= 11 is 0. The molecule has 1 heterocycles. The fourth-order valence-corrected chi connectivity index (χ4v) is 3.65. The summed E-state index contributed by atoms with van der Waals surface area (Å²) in [4.78, 5) is 16.3. The van der Waals surface area contributed by atoms with Crippen molar-refractivity contribution in [3.05, 3.63) is 83.4 Å². The Labute approximate surface area is 179 Å². The molecule has 0 saturated heterocycles. The lowest BCUT2D eigenvalue weighted by Gasteiger charge is -2.12. The molecule has 3 aromatic carbocycles. The van der Waals surface area contributed by atoms with Gasteiger partial charge in [-0.3, -0.25) is 4.57 Å². The second-order valence-corrected chi connectivity index (χ2v) is 6.95. The standard InChI is InChI=1S/C24H22N4O3/c1-2-31-24-27-21-9-5-8-20(23(29)30)22(21)28(24)15-16-10-12-17(13-11-16)19-7-4-3-6-18(19)14-26-25/h3-14H,2,15,25H2,1H3,(H,29,30)/b26-14+. The van der Waals surface area contributed by atoms with E-state index in [4.69, 9.17) is 10.6 Å². The van der Waals surface area contributed by atoms with E-state index in [1.165, 1.54) is 0 Å². The highest BCUT2D eigenvalue weighted by Gasteiger charge is 2.18. The SMILES string of the molecule is CCOc1nc2cccc(C(=O)O)c2n1Cc1ccc(-c2ccccc2/C=N/N)cc1. The average molecular weight is 414 g/mol. The van der Waals surface area contributed by atoms with Gasteiger partial charge in [-0.1, -0.05) is 54.6 Å². The predicted octanol–water partition coefficient (Wildman–Crippen LogP) is 4.14. The van der Waals surface area contributed by atoms with Crippen LogP contribution in [-0.4, -0.2) is 33.4 Å². The minimum Gasteiger partial charge on any atom is -0.478 e. The Morgan fingerprint density at radius 3 is 2.61 bits per heavy atom. The van der Waals surface area contributed by atoms with Crippen molar-refractivity contribution in [2.45, 2.75) is 13.5 Å². The molecule has 0 saturated carbocycles. The van der Waals surface area contributed by atoms with Gasteiger partial charge in [-0.25, -0.2) is 4.79 Å². The largest absolute Gasteiger partial charge is 0.478 e. The highest BCUT2D eigenvalue weighted by Crippen LogP contribution is 2.28. The van der Waals surface area contributed by atoms with Crippen molar-refractivity contribution in [3.8, 4) is 17.1 Å². The van der Waals surface area contributed by atoms with Crippen LogP contribution < -0.4 is 10.6 Å². The molecule has 1 aromatic heterocycles. The zero-order valence-electron chi connectivity index (χ0n) is 17.0. The highest BCUT2D eigenvalue weighted by atomic mass is 16.5. The molecule has 0 fully saturated rings. The summed E-state index contributed by atoms with van der Waals surface area (Å²) in [5.74, 6) is 4.34. The van der Waals surface area contributed by atoms with E-state index in [0.29, 0.717) is 30.2 Å². The van der Waals surface area contributed by atoms with Crippen LogP contribution in [0.1, 0.15) is 28.4 Å². The number of imidazole rings is 1. The number of aromatic carboxylic acids is 1. The second kappa shape index (κ2) is 8.71. The lowest BCUT2D eigenvalue weighted by molar-refractivity contribution is 0.0698. The number of nitrogens with two attached hydrogens (primary N) is 1. The van der Waals surface area contributed by atoms with Gasteiger partial charge >= 0.3 is 5.97 Å². The van der Waals surface area contributed by atoms with Crippen molar-refractivity contribution in [2.24, 2.45) is 10.9 Å². The van der Waals surface area contributed by atoms with E-state index < -0.39 is 5.97 Å². The quantitative estimate of drug-likeness (QED) is 0.269. The number of carboxylic acid groups (broad SMARTS) is 1. The third-order valence-corrected chi connectivity index (χ3v) is 5.02. The number of para-hydroxylation sites is 1. The first-order chi connectivity index (χ1) is 15.1. The minimum absolute atomic E-state index is 0.197. The van der Waals surface area contributed by atoms with Crippen molar-refractivity contribution in [1.82, 2.24) is 9.55 Å². The zero-order valence-corrected chi connectivity index (χ0v) is 17.0. The van der Waals surface area contributed by atoms with E-state index in [1.54, 1.807) is 24.4 Å². The third kappa shape index (κ3) is 3.98. The normalized spacial score (nSPS) is 11.3. The van der Waals surface area contributed by atoms with E-state index >= 15 is 0 Å². The third-order valence-electron chi connectivity index (χ3n) is 5.02. The Hall–Kier alpha value is -4.13. The molecular weight excluding hydrogens is 392 g/mol. The lowest BCUT2D eigenvalue weighted by Crippen LogP contribution is -2.08. The molecule has 4 aromatic rings. The van der Waals surface area contributed by atoms with Gasteiger partial charge in [-0.05, 0) is 35.7 Å². The molecule has 0 atom stereocenters. The summed E-state index contributed by atoms with van der Waals surface area (Å²) in [7, 11) is 0. The average Bonchev–Trinajstić information content (AvgIpc) is 3.12. The number of ether oxygens (including phenoxy) is 1. The van der Waals surface area contributed by atoms with Crippen LogP contribution in [0.4, 0.5) is 0 Å². The number of hydrogen-bond donors (Lipinski definition) is 2. The number of carboxylic acids is 1. The van der Waals surface area contributed by atoms with Gasteiger partial charge in [-0.2, -0.15) is 10.1 Å². The molecule has 31 heavy (non-hydrogen) atoms. The summed E-state index contributed by atoms with van der Waals surface area (Å²) in [6, 6.07) is 21.4. The molecule has 0 aliphatic rings. The van der Waals surface area contributed by atoms with Gasteiger partial charge in [0.05, 0.1) is 36.0 Å². The summed E-state index contributed by atoms with van der Waals surface area (Å²) in [5, 5.41) is 13.3. The summed E-state index contributed by atoms with van der Waals surface area (Å²) < 4.78 is 7.51. The molecule has 0 spiro atoms. The summed E-state index contributed by atoms with van der Waals surface area (Å²) in [5.41, 5.74) is 5.33. The van der Waals surface area contributed by atoms with Crippen molar-refractivity contribution >= 4 is 23.2 Å². The number of hydrazone groups is 1. The maximum atomic E-state index is 11.8. The van der Waals surface area contributed by atoms with Gasteiger partial charge in [0.2, 0.25) is 0 Å². The number of aromatic nitrogens is 2. The van der Waals surface area contributed by atoms with E-state index in [1.807, 2.05) is 60.0 Å². The number of carbonyl (C=O) groups is 1. The van der Waals surface area contributed by atoms with E-state index in [2.05, 4.69) is 10.1 Å². The Morgan fingerprint density at radius 2 is 1.90 bits per heavy atom. The van der Waals surface area contributed by atoms with Crippen LogP contribution in [0.3, 0.4) is 0 Å². The monoisotopic (exact) mass is 414 g/mol. The Balaban J connectivity index is 1.73. The van der Waals surface area contributed by atoms with Gasteiger partial charge in [0.15, 0.2) is 0 Å². The highest BCUT2D eigenvalue weighted by molar-refractivity contribution is 6.01. The van der Waals surface area contributed by atoms with Crippen LogP contribution in [0.2, 0.25) is 0 Å². The zero-order chi connectivity index (χ0) is 21.8. The number of rotatable bonds is 7. The molecule has 156 valence electrons. The molecule has 0 amide bonds. The van der Waals surface area contributed by atoms with Crippen LogP contribution in [0.25, 0.3) is 22.2 Å². The van der Waals surface area contributed by atoms with Crippen LogP contribution in [0, 0.1) is 0 Å². The Kier molecular flexibility index (Phi) is 5.66. The molecule has 0 unspecified atom stereocenters. The Morgan fingerprint density at radius 1 is 1.13 bits per heavy atom. The molecule has 0 aliphatic carbocycles. The van der Waals surface area contributed by atoms with Gasteiger partial charge in [0.1, 0.15) is 0 Å². The van der Waals surface area contributed by atoms with Gasteiger partial charge in [0.25, 0.3) is 6.01 Å². The van der Waals surface area contributed by atoms with Crippen molar-refractivity contribution in [2.75, 3.05) is 6.61 Å². The fourth-order valence-electron chi connectivity index (χ4n) is 3.65. The predicted molar refractivity (Wildman–Crippen MR) is 121 cm³/mol. The lowest BCUT2D eigenvalue weighted by atomic mass is 9.99. The maximum absolute atomic E-state index is 11.8. The summed E-state index contributed by atoms with van der Waals surface area (Å²) in [6.07, 6.45) is 1.63. The molecular formula is C24H22N4O3. The van der Waals surface area contributed by atoms with Crippen molar-refractivity contribution in [1.29, 1.82) is 0 Å². The summed E-state index contributed by atoms with van der Waals surface area (Å²) in [6.45, 7) is 2.74. The van der Waals surface area contributed by atoms with E-state index in [-0.39, 0.29) is 5.56 Å². The topological polar surface area (TPSA) is 103 Å². The van der Waals surface area contributed by atoms with Gasteiger partial charge < -0.3 is 15.7 Å². The second-order valence-electron chi connectivity index (χ2n) is 6.95. The molecule has 0 bridgehead atoms. The number of nitrogens with zero attached hydrogens (tertiary/aromatic N) is 3. The molecule has 3 N–H and O–H groups in total. The molecule has 7 nitrogen and oxygen atoms in total. The van der Waals surface area contributed by atoms with Crippen molar-refractivity contribution < 1.29 is 14.6 Å². The van der Waals surface area contributed by atoms with Crippen LogP contribution in [0.15, 0.2) is 71.8 Å². The number of benzene rings is 3. The van der Waals surface area contributed by atoms with Crippen LogP contribution in [0.5, 0.6) is 6.01 Å². The van der Waals surface area contributed by atoms with E-state index in [0.717, 1.165) is 22.3 Å². The number of fused-ring (bicyclic) bond motifs is 1. The van der Waals surface area contributed by atoms with Gasteiger partial charge in [-0.15, -0.1) is 0 Å². The molecule has 4 rings (SSSR count). The first-order valence-corrected chi connectivity index (χ1v) is 9.89. The van der Waals surface area contributed by atoms with E-state index in [9.17, 15) is 9.90 Å². The Bertz CT molecular complexity index is 1260. The van der Waals surface area contributed by atoms with Crippen molar-refractivity contribution in [3.63, 3.8) is 0 Å². The first-order valence-electron chi connectivity index (χ1n) is 9.89. The fraction of sp³-hybridized carbons (Fsp3) is 0.125. The minimum atomic E-state index is -0.997. The smallest absolute Gasteiger partial charge is 0.337 e. The van der Waals surface area contributed by atoms with Crippen LogP contribution in [-0.2, 0) is 6.54 Å².